The number of unbranched alkanes of at least 4 members (excludes halogenated alkanes) is 11. The fourth-order valence-corrected chi connectivity index (χ4v) is 3.64. The molecule has 2 amide bonds. The summed E-state index contributed by atoms with van der Waals surface area (Å²) in [6.07, 6.45) is 15.0. The normalized spacial score (nSPS) is 12.1. The van der Waals surface area contributed by atoms with E-state index in [-0.39, 0.29) is 0 Å². The minimum absolute atomic E-state index is 0.525. The molecule has 1 atom stereocenters. The van der Waals surface area contributed by atoms with Crippen molar-refractivity contribution in [3.8, 4) is 5.75 Å². The summed E-state index contributed by atoms with van der Waals surface area (Å²) >= 11 is 0. The number of carbonyl (C=O) groups is 2. The molecular weight excluding hydrogens is 444 g/mol. The van der Waals surface area contributed by atoms with Crippen LogP contribution in [0.15, 0.2) is 24.3 Å². The van der Waals surface area contributed by atoms with E-state index in [1.807, 2.05) is 0 Å². The Morgan fingerprint density at radius 2 is 1.37 bits per heavy atom. The van der Waals surface area contributed by atoms with Crippen LogP contribution in [-0.4, -0.2) is 42.0 Å². The summed E-state index contributed by atoms with van der Waals surface area (Å²) in [5.41, 5.74) is -0.138. The highest BCUT2D eigenvalue weighted by Crippen LogP contribution is 2.17. The number of alkyl carbamates (subject to hydrolysis) is 1. The molecule has 1 aromatic carbocycles. The van der Waals surface area contributed by atoms with Gasteiger partial charge in [-0.3, -0.25) is 4.79 Å². The van der Waals surface area contributed by atoms with Crippen molar-refractivity contribution in [3.63, 3.8) is 0 Å². The van der Waals surface area contributed by atoms with E-state index in [1.54, 1.807) is 45.0 Å². The molecule has 0 saturated carbocycles. The van der Waals surface area contributed by atoms with Crippen molar-refractivity contribution in [3.05, 3.63) is 24.3 Å². The van der Waals surface area contributed by atoms with E-state index in [0.717, 1.165) is 12.2 Å². The van der Waals surface area contributed by atoms with Crippen LogP contribution < -0.4 is 15.4 Å². The molecule has 7 heteroatoms. The van der Waals surface area contributed by atoms with Gasteiger partial charge in [-0.1, -0.05) is 77.6 Å². The second-order valence-electron chi connectivity index (χ2n) is 10.1. The van der Waals surface area contributed by atoms with Gasteiger partial charge in [-0.05, 0) is 51.5 Å². The Kier molecular flexibility index (Phi) is 15.9. The van der Waals surface area contributed by atoms with Gasteiger partial charge in [0, 0.05) is 5.69 Å². The lowest BCUT2D eigenvalue weighted by molar-refractivity contribution is -0.119. The van der Waals surface area contributed by atoms with Gasteiger partial charge in [-0.25, -0.2) is 4.79 Å². The average Bonchev–Trinajstić information content (AvgIpc) is 2.80. The summed E-state index contributed by atoms with van der Waals surface area (Å²) in [6.45, 7) is 7.57. The SMILES string of the molecule is CCCCCCCCCCCCCCOc1ccc(NC(=O)C(CO)NC(=O)OC(C)(C)C)cc1. The number of aliphatic hydroxyl groups excluding tert-OH is 1. The van der Waals surface area contributed by atoms with Gasteiger partial charge in [0.15, 0.2) is 0 Å². The molecule has 35 heavy (non-hydrogen) atoms. The highest BCUT2D eigenvalue weighted by atomic mass is 16.6. The van der Waals surface area contributed by atoms with E-state index >= 15 is 0 Å². The van der Waals surface area contributed by atoms with Crippen LogP contribution in [0.25, 0.3) is 0 Å². The number of ether oxygens (including phenoxy) is 2. The number of carbonyl (C=O) groups excluding carboxylic acids is 2. The molecule has 7 nitrogen and oxygen atoms in total. The van der Waals surface area contributed by atoms with Gasteiger partial charge in [-0.15, -0.1) is 0 Å². The van der Waals surface area contributed by atoms with Crippen LogP contribution >= 0.6 is 0 Å². The lowest BCUT2D eigenvalue weighted by Crippen LogP contribution is -2.47. The number of anilines is 1. The molecule has 200 valence electrons. The molecular formula is C28H48N2O5. The average molecular weight is 493 g/mol. The number of aliphatic hydroxyl groups is 1. The van der Waals surface area contributed by atoms with E-state index in [0.29, 0.717) is 12.3 Å². The van der Waals surface area contributed by atoms with E-state index in [2.05, 4.69) is 17.6 Å². The van der Waals surface area contributed by atoms with Crippen LogP contribution in [-0.2, 0) is 9.53 Å². The standard InChI is InChI=1S/C28H48N2O5/c1-5-6-7-8-9-10-11-12-13-14-15-16-21-34-24-19-17-23(18-20-24)29-26(32)25(22-31)30-27(33)35-28(2,3)4/h17-20,25,31H,5-16,21-22H2,1-4H3,(H,29,32)(H,30,33). The van der Waals surface area contributed by atoms with Crippen molar-refractivity contribution < 1.29 is 24.2 Å². The van der Waals surface area contributed by atoms with Gasteiger partial charge in [0.1, 0.15) is 17.4 Å². The molecule has 0 bridgehead atoms. The predicted molar refractivity (Wildman–Crippen MR) is 142 cm³/mol. The number of hydrogen-bond acceptors (Lipinski definition) is 5. The third kappa shape index (κ3) is 16.1. The zero-order chi connectivity index (χ0) is 25.9. The predicted octanol–water partition coefficient (Wildman–Crippen LogP) is 6.59. The highest BCUT2D eigenvalue weighted by molar-refractivity contribution is 5.96. The van der Waals surface area contributed by atoms with Crippen molar-refractivity contribution in [2.24, 2.45) is 0 Å². The molecule has 0 fully saturated rings. The Hall–Kier alpha value is -2.28. The molecule has 1 rings (SSSR count). The van der Waals surface area contributed by atoms with E-state index in [1.165, 1.54) is 70.6 Å². The fraction of sp³-hybridized carbons (Fsp3) is 0.714. The molecule has 0 aliphatic carbocycles. The lowest BCUT2D eigenvalue weighted by Gasteiger charge is -2.22. The molecule has 1 unspecified atom stereocenters. The van der Waals surface area contributed by atoms with Crippen LogP contribution in [0, 0.1) is 0 Å². The van der Waals surface area contributed by atoms with E-state index < -0.39 is 30.3 Å². The third-order valence-corrected chi connectivity index (χ3v) is 5.58. The molecule has 3 N–H and O–H groups in total. The summed E-state index contributed by atoms with van der Waals surface area (Å²) in [4.78, 5) is 24.2. The Labute approximate surface area is 212 Å². The topological polar surface area (TPSA) is 96.9 Å². The minimum atomic E-state index is -1.11. The van der Waals surface area contributed by atoms with Crippen LogP contribution in [0.3, 0.4) is 0 Å². The first-order chi connectivity index (χ1) is 16.7. The maximum Gasteiger partial charge on any atom is 0.408 e. The van der Waals surface area contributed by atoms with E-state index in [9.17, 15) is 14.7 Å². The Bertz CT molecular complexity index is 700. The summed E-state index contributed by atoms with van der Waals surface area (Å²) in [7, 11) is 0. The molecule has 0 heterocycles. The lowest BCUT2D eigenvalue weighted by atomic mass is 10.1. The Morgan fingerprint density at radius 3 is 1.86 bits per heavy atom. The first-order valence-corrected chi connectivity index (χ1v) is 13.4. The first kappa shape index (κ1) is 30.8. The molecule has 1 aromatic rings. The van der Waals surface area contributed by atoms with Gasteiger partial charge in [-0.2, -0.15) is 0 Å². The molecule has 0 aromatic heterocycles. The zero-order valence-corrected chi connectivity index (χ0v) is 22.4. The summed E-state index contributed by atoms with van der Waals surface area (Å²) in [5, 5.41) is 14.5. The first-order valence-electron chi connectivity index (χ1n) is 13.4. The number of benzene rings is 1. The summed E-state index contributed by atoms with van der Waals surface area (Å²) in [6, 6.07) is 5.96. The highest BCUT2D eigenvalue weighted by Gasteiger charge is 2.23. The van der Waals surface area contributed by atoms with Gasteiger partial charge in [0.25, 0.3) is 0 Å². The molecule has 0 aliphatic heterocycles. The van der Waals surface area contributed by atoms with Crippen LogP contribution in [0.2, 0.25) is 0 Å². The number of hydrogen-bond donors (Lipinski definition) is 3. The number of nitrogens with one attached hydrogen (secondary N) is 2. The minimum Gasteiger partial charge on any atom is -0.494 e. The summed E-state index contributed by atoms with van der Waals surface area (Å²) in [5.74, 6) is 0.222. The van der Waals surface area contributed by atoms with Crippen molar-refractivity contribution in [1.82, 2.24) is 5.32 Å². The quantitative estimate of drug-likeness (QED) is 0.201. The molecule has 0 spiro atoms. The van der Waals surface area contributed by atoms with Crippen LogP contribution in [0.5, 0.6) is 5.75 Å². The second kappa shape index (κ2) is 18.1. The fourth-order valence-electron chi connectivity index (χ4n) is 3.64. The third-order valence-electron chi connectivity index (χ3n) is 5.58. The largest absolute Gasteiger partial charge is 0.494 e. The smallest absolute Gasteiger partial charge is 0.408 e. The summed E-state index contributed by atoms with van der Waals surface area (Å²) < 4.78 is 10.9. The van der Waals surface area contributed by atoms with Gasteiger partial charge in [0.2, 0.25) is 5.91 Å². The number of amides is 2. The van der Waals surface area contributed by atoms with E-state index in [4.69, 9.17) is 9.47 Å². The van der Waals surface area contributed by atoms with Crippen LogP contribution in [0.4, 0.5) is 10.5 Å². The van der Waals surface area contributed by atoms with Gasteiger partial charge < -0.3 is 25.2 Å². The molecule has 0 aliphatic rings. The van der Waals surface area contributed by atoms with Crippen molar-refractivity contribution >= 4 is 17.7 Å². The maximum atomic E-state index is 12.4. The van der Waals surface area contributed by atoms with Gasteiger partial charge >= 0.3 is 6.09 Å². The molecule has 0 saturated heterocycles. The van der Waals surface area contributed by atoms with Crippen molar-refractivity contribution in [2.75, 3.05) is 18.5 Å². The van der Waals surface area contributed by atoms with Crippen molar-refractivity contribution in [2.45, 2.75) is 116 Å². The number of rotatable bonds is 18. The second-order valence-corrected chi connectivity index (χ2v) is 10.1. The Balaban J connectivity index is 2.18. The van der Waals surface area contributed by atoms with Crippen LogP contribution in [0.1, 0.15) is 105 Å². The monoisotopic (exact) mass is 492 g/mol. The zero-order valence-electron chi connectivity index (χ0n) is 22.4. The molecule has 0 radical (unpaired) electrons. The van der Waals surface area contributed by atoms with Gasteiger partial charge in [0.05, 0.1) is 13.2 Å². The Morgan fingerprint density at radius 1 is 0.857 bits per heavy atom. The maximum absolute atomic E-state index is 12.4. The van der Waals surface area contributed by atoms with Crippen molar-refractivity contribution in [1.29, 1.82) is 0 Å².